The van der Waals surface area contributed by atoms with Crippen LogP contribution >= 0.6 is 13.4 Å². The summed E-state index contributed by atoms with van der Waals surface area (Å²) < 4.78 is 85.3. The van der Waals surface area contributed by atoms with Crippen molar-refractivity contribution < 1.29 is 55.0 Å². The first-order valence-electron chi connectivity index (χ1n) is 20.6. The number of benzene rings is 1. The number of carbonyl (C=O) groups is 2. The van der Waals surface area contributed by atoms with Gasteiger partial charge in [-0.25, -0.2) is 23.7 Å². The van der Waals surface area contributed by atoms with E-state index in [9.17, 15) is 24.9 Å². The Hall–Kier alpha value is -5.49. The predicted molar refractivity (Wildman–Crippen MR) is 241 cm³/mol. The summed E-state index contributed by atoms with van der Waals surface area (Å²) in [5, 5.41) is 23.7. The van der Waals surface area contributed by atoms with Crippen LogP contribution in [0.15, 0.2) is 54.0 Å². The number of aromatic amines is 1. The number of nitrogens with one attached hydrogen (secondary N) is 3. The Morgan fingerprint density at radius 1 is 1.04 bits per heavy atom. The normalized spacial score (nSPS) is 28.4. The van der Waals surface area contributed by atoms with Crippen molar-refractivity contribution in [2.45, 2.75) is 75.7 Å². The zero-order chi connectivity index (χ0) is 48.4. The third-order valence-electron chi connectivity index (χ3n) is 10.7. The Morgan fingerprint density at radius 2 is 1.76 bits per heavy atom. The van der Waals surface area contributed by atoms with Crippen molar-refractivity contribution in [1.82, 2.24) is 34.1 Å². The predicted octanol–water partition coefficient (Wildman–Crippen LogP) is 5.20. The number of rotatable bonds is 12. The van der Waals surface area contributed by atoms with Gasteiger partial charge in [0.05, 0.1) is 63.1 Å². The summed E-state index contributed by atoms with van der Waals surface area (Å²) in [4.78, 5) is 58.2. The Labute approximate surface area is 395 Å². The van der Waals surface area contributed by atoms with Gasteiger partial charge in [-0.05, 0) is 35.7 Å². The van der Waals surface area contributed by atoms with Crippen molar-refractivity contribution in [2.75, 3.05) is 37.1 Å². The number of ether oxygens (including phenoxy) is 2. The molecule has 9 atom stereocenters. The Kier molecular flexibility index (Phi) is 14.6. The molecule has 3 unspecified atom stereocenters. The van der Waals surface area contributed by atoms with Crippen molar-refractivity contribution in [3.05, 3.63) is 70.9 Å². The standard InChI is InChI=1S/C40H39F2N11O11P2S2/c1-4-40-19-60-66(68,58-15-9-13-44)64-31-29(42)25(61-38(31)53-21-47-30-34(53)49-39(51-37(30)56)50-35(54)22(2)3)18-59-65(67,57-14-8-12-43)63-26(40)16-27(62-40)52-17-24(41)28-32(45-20-46-33(28)52)48-36(55)23-10-6-5-7-11-23/h1,5-7,10-11,17,20-22,25-27,29,31,38H,8-9,14-16,18-19H2,2-3H3,(H,45,46,48,55)(H2,49,50,51,54,56)/t25-,26?,27-,29-,31-,38-,40-,65?,66?/m1/s1. The summed E-state index contributed by atoms with van der Waals surface area (Å²) in [5.41, 5.74) is -2.86. The monoisotopic (exact) mass is 1010 g/mol. The van der Waals surface area contributed by atoms with E-state index in [1.54, 1.807) is 44.2 Å². The lowest BCUT2D eigenvalue weighted by Crippen LogP contribution is -2.44. The van der Waals surface area contributed by atoms with Crippen molar-refractivity contribution >= 4 is 82.8 Å². The lowest BCUT2D eigenvalue weighted by Gasteiger charge is -2.34. The smallest absolute Gasteiger partial charge is 0.327 e. The average Bonchev–Trinajstić information content (AvgIpc) is 4.08. The molecule has 1 aromatic carbocycles. The summed E-state index contributed by atoms with van der Waals surface area (Å²) in [5.74, 6) is -0.167. The van der Waals surface area contributed by atoms with Crippen LogP contribution in [-0.2, 0) is 65.0 Å². The summed E-state index contributed by atoms with van der Waals surface area (Å²) >= 11 is 11.8. The largest absolute Gasteiger partial charge is 0.346 e. The summed E-state index contributed by atoms with van der Waals surface area (Å²) in [6.45, 7) is -7.16. The second-order valence-electron chi connectivity index (χ2n) is 15.5. The summed E-state index contributed by atoms with van der Waals surface area (Å²) in [7, 11) is 0. The van der Waals surface area contributed by atoms with Crippen LogP contribution in [0.1, 0.15) is 55.9 Å². The van der Waals surface area contributed by atoms with Gasteiger partial charge in [-0.3, -0.25) is 33.8 Å². The average molecular weight is 1010 g/mol. The van der Waals surface area contributed by atoms with Gasteiger partial charge in [-0.15, -0.1) is 6.42 Å². The number of H-pyrrole nitrogens is 1. The molecule has 2 amide bonds. The highest BCUT2D eigenvalue weighted by Gasteiger charge is 2.56. The van der Waals surface area contributed by atoms with Gasteiger partial charge in [0.2, 0.25) is 11.9 Å². The minimum absolute atomic E-state index is 0.0197. The second kappa shape index (κ2) is 20.2. The maximum Gasteiger partial charge on any atom is 0.327 e. The molecular weight excluding hydrogens is 975 g/mol. The number of hydrogen-bond acceptors (Lipinski definition) is 19. The van der Waals surface area contributed by atoms with Crippen molar-refractivity contribution in [3.63, 3.8) is 0 Å². The van der Waals surface area contributed by atoms with Crippen molar-refractivity contribution in [2.24, 2.45) is 5.92 Å². The molecule has 22 nitrogen and oxygen atoms in total. The molecule has 3 aliphatic heterocycles. The van der Waals surface area contributed by atoms with E-state index in [1.807, 2.05) is 12.1 Å². The molecule has 8 rings (SSSR count). The Bertz CT molecular complexity index is 3030. The fourth-order valence-corrected chi connectivity index (χ4v) is 11.5. The van der Waals surface area contributed by atoms with Crippen molar-refractivity contribution in [3.8, 4) is 24.5 Å². The van der Waals surface area contributed by atoms with Gasteiger partial charge in [-0.1, -0.05) is 38.0 Å². The Morgan fingerprint density at radius 3 is 2.46 bits per heavy atom. The van der Waals surface area contributed by atoms with Crippen LogP contribution in [0.3, 0.4) is 0 Å². The number of nitriles is 2. The first-order chi connectivity index (χ1) is 32.6. The highest BCUT2D eigenvalue weighted by molar-refractivity contribution is 8.07. The van der Waals surface area contributed by atoms with E-state index in [2.05, 4.69) is 41.5 Å². The fraction of sp³-hybridized carbons (Fsp3) is 0.425. The number of carbonyl (C=O) groups excluding carboxylic acids is 2. The Balaban J connectivity index is 1.17. The van der Waals surface area contributed by atoms with E-state index >= 15 is 8.78 Å². The van der Waals surface area contributed by atoms with Crippen LogP contribution in [0.25, 0.3) is 22.2 Å². The van der Waals surface area contributed by atoms with E-state index in [-0.39, 0.29) is 72.0 Å². The fourth-order valence-electron chi connectivity index (χ4n) is 7.30. The molecule has 0 radical (unpaired) electrons. The molecule has 3 aliphatic rings. The molecule has 0 saturated carbocycles. The molecule has 5 aromatic rings. The van der Waals surface area contributed by atoms with Crippen molar-refractivity contribution in [1.29, 1.82) is 10.5 Å². The third kappa shape index (κ3) is 9.98. The zero-order valence-corrected chi connectivity index (χ0v) is 39.1. The number of fused-ring (bicyclic) bond motifs is 5. The molecule has 2 bridgehead atoms. The highest BCUT2D eigenvalue weighted by atomic mass is 32.5. The lowest BCUT2D eigenvalue weighted by atomic mass is 9.99. The molecule has 28 heteroatoms. The van der Waals surface area contributed by atoms with Gasteiger partial charge >= 0.3 is 13.4 Å². The molecular formula is C40H39F2N11O11P2S2. The van der Waals surface area contributed by atoms with Crippen LogP contribution < -0.4 is 16.2 Å². The van der Waals surface area contributed by atoms with E-state index in [0.717, 1.165) is 18.9 Å². The first-order valence-corrected chi connectivity index (χ1v) is 25.7. The summed E-state index contributed by atoms with van der Waals surface area (Å²) in [6, 6.07) is 12.1. The maximum atomic E-state index is 17.0. The number of alkyl halides is 1. The van der Waals surface area contributed by atoms with Gasteiger partial charge in [0.25, 0.3) is 11.5 Å². The van der Waals surface area contributed by atoms with Gasteiger partial charge in [-0.2, -0.15) is 15.5 Å². The molecule has 3 fully saturated rings. The SMILES string of the molecule is C#C[C@@]12COP(=S)(OCCC#N)O[C@@H]3[C@H](F)[C@@H](COP(=S)(OCCC#N)OC1C[C@H](n1cc(F)c4c(NC(=O)c5ccccc5)ncnc41)O2)O[C@H]3n1cnc2c(=O)[nH]c(NC(=O)C(C)C)nc21. The topological polar surface area (TPSA) is 274 Å². The second-order valence-corrected chi connectivity index (χ2v) is 21.4. The van der Waals surface area contributed by atoms with Crippen LogP contribution in [0, 0.1) is 46.7 Å². The lowest BCUT2D eigenvalue weighted by molar-refractivity contribution is -0.118. The number of imidazole rings is 1. The van der Waals surface area contributed by atoms with E-state index in [4.69, 9.17) is 66.7 Å². The number of anilines is 2. The van der Waals surface area contributed by atoms with E-state index < -0.39 is 98.3 Å². The molecule has 4 aromatic heterocycles. The third-order valence-corrected chi connectivity index (χ3v) is 15.4. The number of hydrogen-bond donors (Lipinski definition) is 3. The van der Waals surface area contributed by atoms with Crippen LogP contribution in [0.5, 0.6) is 0 Å². The van der Waals surface area contributed by atoms with Gasteiger partial charge in [0.15, 0.2) is 40.6 Å². The minimum atomic E-state index is -4.27. The minimum Gasteiger partial charge on any atom is -0.346 e. The molecule has 3 N–H and O–H groups in total. The first kappa shape index (κ1) is 48.9. The van der Waals surface area contributed by atoms with Crippen LogP contribution in [-0.4, -0.2) is 102 Å². The molecule has 7 heterocycles. The van der Waals surface area contributed by atoms with Gasteiger partial charge < -0.3 is 42.0 Å². The van der Waals surface area contributed by atoms with Crippen LogP contribution in [0.2, 0.25) is 0 Å². The van der Waals surface area contributed by atoms with Crippen LogP contribution in [0.4, 0.5) is 20.5 Å². The highest BCUT2D eigenvalue weighted by Crippen LogP contribution is 2.60. The number of amides is 2. The number of terminal acetylenes is 1. The number of halogens is 2. The molecule has 3 saturated heterocycles. The van der Waals surface area contributed by atoms with Gasteiger partial charge in [0, 0.05) is 24.1 Å². The quantitative estimate of drug-likeness (QED) is 0.0822. The van der Waals surface area contributed by atoms with E-state index in [0.29, 0.717) is 0 Å². The maximum absolute atomic E-state index is 17.0. The molecule has 68 heavy (non-hydrogen) atoms. The number of nitrogens with zero attached hydrogens (tertiary/aromatic N) is 8. The molecule has 0 aliphatic carbocycles. The number of aromatic nitrogens is 7. The molecule has 356 valence electrons. The van der Waals surface area contributed by atoms with E-state index in [1.165, 1.54) is 9.13 Å². The molecule has 0 spiro atoms. The zero-order valence-electron chi connectivity index (χ0n) is 35.7. The van der Waals surface area contributed by atoms with Gasteiger partial charge in [0.1, 0.15) is 36.7 Å². The summed E-state index contributed by atoms with van der Waals surface area (Å²) in [6.07, 6.45) is -0.516.